The molecule has 0 saturated carbocycles. The van der Waals surface area contributed by atoms with Gasteiger partial charge in [0, 0.05) is 21.9 Å². The summed E-state index contributed by atoms with van der Waals surface area (Å²) in [5, 5.41) is 5.68. The molecular formula is C15H18BrNOS. The molecule has 1 unspecified atom stereocenters. The molecule has 0 fully saturated rings. The Morgan fingerprint density at radius 1 is 1.37 bits per heavy atom. The Bertz CT molecular complexity index is 513. The SMILES string of the molecule is COc1ccc(Br)c(CNC(C)Cc2cccs2)c1. The van der Waals surface area contributed by atoms with Crippen LogP contribution in [-0.2, 0) is 13.0 Å². The third kappa shape index (κ3) is 4.34. The minimum atomic E-state index is 0.455. The number of halogens is 1. The molecule has 1 atom stereocenters. The quantitative estimate of drug-likeness (QED) is 0.849. The van der Waals surface area contributed by atoms with E-state index < -0.39 is 0 Å². The zero-order valence-corrected chi connectivity index (χ0v) is 13.6. The van der Waals surface area contributed by atoms with Gasteiger partial charge < -0.3 is 10.1 Å². The number of hydrogen-bond donors (Lipinski definition) is 1. The van der Waals surface area contributed by atoms with Crippen LogP contribution in [0.4, 0.5) is 0 Å². The Balaban J connectivity index is 1.91. The molecule has 1 N–H and O–H groups in total. The molecule has 1 aromatic carbocycles. The van der Waals surface area contributed by atoms with E-state index in [-0.39, 0.29) is 0 Å². The lowest BCUT2D eigenvalue weighted by molar-refractivity contribution is 0.413. The van der Waals surface area contributed by atoms with Gasteiger partial charge in [0.15, 0.2) is 0 Å². The van der Waals surface area contributed by atoms with Crippen molar-refractivity contribution in [1.29, 1.82) is 0 Å². The summed E-state index contributed by atoms with van der Waals surface area (Å²) in [5.74, 6) is 0.894. The van der Waals surface area contributed by atoms with Crippen molar-refractivity contribution >= 4 is 27.3 Å². The maximum absolute atomic E-state index is 5.25. The first-order chi connectivity index (χ1) is 9.19. The molecule has 2 aromatic rings. The van der Waals surface area contributed by atoms with Crippen LogP contribution in [0.2, 0.25) is 0 Å². The van der Waals surface area contributed by atoms with Crippen molar-refractivity contribution in [2.24, 2.45) is 0 Å². The Morgan fingerprint density at radius 3 is 2.89 bits per heavy atom. The van der Waals surface area contributed by atoms with Crippen molar-refractivity contribution in [3.63, 3.8) is 0 Å². The molecule has 1 heterocycles. The Kier molecular flexibility index (Phi) is 5.43. The monoisotopic (exact) mass is 339 g/mol. The largest absolute Gasteiger partial charge is 0.497 e. The van der Waals surface area contributed by atoms with Crippen LogP contribution in [0, 0.1) is 0 Å². The molecule has 0 radical (unpaired) electrons. The van der Waals surface area contributed by atoms with Crippen molar-refractivity contribution in [2.75, 3.05) is 7.11 Å². The lowest BCUT2D eigenvalue weighted by Gasteiger charge is -2.14. The highest BCUT2D eigenvalue weighted by molar-refractivity contribution is 9.10. The first kappa shape index (κ1) is 14.6. The van der Waals surface area contributed by atoms with Crippen molar-refractivity contribution in [1.82, 2.24) is 5.32 Å². The molecule has 0 saturated heterocycles. The predicted molar refractivity (Wildman–Crippen MR) is 85.0 cm³/mol. The topological polar surface area (TPSA) is 21.3 Å². The van der Waals surface area contributed by atoms with E-state index in [0.29, 0.717) is 6.04 Å². The third-order valence-corrected chi connectivity index (χ3v) is 4.65. The second-order valence-corrected chi connectivity index (χ2v) is 6.41. The summed E-state index contributed by atoms with van der Waals surface area (Å²) >= 11 is 5.39. The maximum atomic E-state index is 5.25. The van der Waals surface area contributed by atoms with Gasteiger partial charge in [-0.1, -0.05) is 22.0 Å². The summed E-state index contributed by atoms with van der Waals surface area (Å²) in [5.41, 5.74) is 1.22. The average Bonchev–Trinajstić information content (AvgIpc) is 2.90. The molecular weight excluding hydrogens is 322 g/mol. The summed E-state index contributed by atoms with van der Waals surface area (Å²) in [6, 6.07) is 10.8. The molecule has 4 heteroatoms. The van der Waals surface area contributed by atoms with Gasteiger partial charge in [-0.05, 0) is 48.6 Å². The highest BCUT2D eigenvalue weighted by Gasteiger charge is 2.06. The Morgan fingerprint density at radius 2 is 2.21 bits per heavy atom. The smallest absolute Gasteiger partial charge is 0.119 e. The number of nitrogens with one attached hydrogen (secondary N) is 1. The summed E-state index contributed by atoms with van der Waals surface area (Å²) in [4.78, 5) is 1.42. The van der Waals surface area contributed by atoms with E-state index in [1.807, 2.05) is 23.5 Å². The first-order valence-electron chi connectivity index (χ1n) is 6.27. The Labute approximate surface area is 126 Å². The van der Waals surface area contributed by atoms with Crippen molar-refractivity contribution < 1.29 is 4.74 Å². The molecule has 102 valence electrons. The molecule has 2 rings (SSSR count). The van der Waals surface area contributed by atoms with Gasteiger partial charge in [-0.3, -0.25) is 0 Å². The van der Waals surface area contributed by atoms with Gasteiger partial charge in [-0.15, -0.1) is 11.3 Å². The van der Waals surface area contributed by atoms with Crippen LogP contribution in [0.3, 0.4) is 0 Å². The number of hydrogen-bond acceptors (Lipinski definition) is 3. The van der Waals surface area contributed by atoms with Crippen LogP contribution < -0.4 is 10.1 Å². The minimum absolute atomic E-state index is 0.455. The molecule has 2 nitrogen and oxygen atoms in total. The Hall–Kier alpha value is -0.840. The molecule has 19 heavy (non-hydrogen) atoms. The third-order valence-electron chi connectivity index (χ3n) is 2.98. The zero-order valence-electron chi connectivity index (χ0n) is 11.2. The van der Waals surface area contributed by atoms with Gasteiger partial charge in [-0.2, -0.15) is 0 Å². The van der Waals surface area contributed by atoms with Crippen LogP contribution in [0.1, 0.15) is 17.4 Å². The van der Waals surface area contributed by atoms with E-state index in [4.69, 9.17) is 4.74 Å². The molecule has 0 spiro atoms. The van der Waals surface area contributed by atoms with E-state index >= 15 is 0 Å². The normalized spacial score (nSPS) is 12.4. The standard InChI is InChI=1S/C15H18BrNOS/c1-11(8-14-4-3-7-19-14)17-10-12-9-13(18-2)5-6-15(12)16/h3-7,9,11,17H,8,10H2,1-2H3. The molecule has 0 amide bonds. The van der Waals surface area contributed by atoms with Gasteiger partial charge in [0.25, 0.3) is 0 Å². The second-order valence-electron chi connectivity index (χ2n) is 4.52. The maximum Gasteiger partial charge on any atom is 0.119 e. The molecule has 1 aromatic heterocycles. The number of benzene rings is 1. The predicted octanol–water partition coefficient (Wildman–Crippen LogP) is 4.24. The van der Waals surface area contributed by atoms with Crippen LogP contribution >= 0.6 is 27.3 Å². The van der Waals surface area contributed by atoms with Gasteiger partial charge in [0.1, 0.15) is 5.75 Å². The molecule has 0 aliphatic rings. The summed E-state index contributed by atoms with van der Waals surface area (Å²) in [6.07, 6.45) is 1.07. The zero-order chi connectivity index (χ0) is 13.7. The summed E-state index contributed by atoms with van der Waals surface area (Å²) in [6.45, 7) is 3.05. The fourth-order valence-electron chi connectivity index (χ4n) is 1.90. The van der Waals surface area contributed by atoms with E-state index in [1.54, 1.807) is 7.11 Å². The van der Waals surface area contributed by atoms with Crippen LogP contribution in [0.15, 0.2) is 40.2 Å². The van der Waals surface area contributed by atoms with Crippen LogP contribution in [-0.4, -0.2) is 13.2 Å². The fourth-order valence-corrected chi connectivity index (χ4v) is 3.12. The summed E-state index contributed by atoms with van der Waals surface area (Å²) < 4.78 is 6.37. The lowest BCUT2D eigenvalue weighted by atomic mass is 10.1. The van der Waals surface area contributed by atoms with Crippen LogP contribution in [0.25, 0.3) is 0 Å². The van der Waals surface area contributed by atoms with Gasteiger partial charge in [-0.25, -0.2) is 0 Å². The van der Waals surface area contributed by atoms with E-state index in [9.17, 15) is 0 Å². The fraction of sp³-hybridized carbons (Fsp3) is 0.333. The molecule has 0 aliphatic carbocycles. The van der Waals surface area contributed by atoms with Crippen molar-refractivity contribution in [3.8, 4) is 5.75 Å². The average molecular weight is 340 g/mol. The number of ether oxygens (including phenoxy) is 1. The number of thiophene rings is 1. The van der Waals surface area contributed by atoms with Gasteiger partial charge >= 0.3 is 0 Å². The number of methoxy groups -OCH3 is 1. The van der Waals surface area contributed by atoms with Gasteiger partial charge in [0.05, 0.1) is 7.11 Å². The number of rotatable bonds is 6. The molecule has 0 aliphatic heterocycles. The van der Waals surface area contributed by atoms with E-state index in [1.165, 1.54) is 10.4 Å². The molecule has 0 bridgehead atoms. The van der Waals surface area contributed by atoms with E-state index in [2.05, 4.69) is 51.7 Å². The second kappa shape index (κ2) is 7.08. The van der Waals surface area contributed by atoms with Crippen molar-refractivity contribution in [3.05, 3.63) is 50.6 Å². The lowest BCUT2D eigenvalue weighted by Crippen LogP contribution is -2.27. The highest BCUT2D eigenvalue weighted by atomic mass is 79.9. The summed E-state index contributed by atoms with van der Waals surface area (Å²) in [7, 11) is 1.69. The first-order valence-corrected chi connectivity index (χ1v) is 7.94. The highest BCUT2D eigenvalue weighted by Crippen LogP contribution is 2.22. The van der Waals surface area contributed by atoms with Crippen molar-refractivity contribution in [2.45, 2.75) is 25.9 Å². The van der Waals surface area contributed by atoms with Gasteiger partial charge in [0.2, 0.25) is 0 Å². The van der Waals surface area contributed by atoms with E-state index in [0.717, 1.165) is 23.2 Å². The minimum Gasteiger partial charge on any atom is -0.497 e. The van der Waals surface area contributed by atoms with Crippen LogP contribution in [0.5, 0.6) is 5.75 Å².